The number of imidazole rings is 1. The lowest BCUT2D eigenvalue weighted by atomic mass is 9.97. The fourth-order valence-electron chi connectivity index (χ4n) is 3.33. The third kappa shape index (κ3) is 2.74. The lowest BCUT2D eigenvalue weighted by Crippen LogP contribution is -2.39. The predicted molar refractivity (Wildman–Crippen MR) is 83.7 cm³/mol. The van der Waals surface area contributed by atoms with Crippen molar-refractivity contribution in [3.63, 3.8) is 0 Å². The molecule has 0 spiro atoms. The highest BCUT2D eigenvalue weighted by Gasteiger charge is 2.30. The predicted octanol–water partition coefficient (Wildman–Crippen LogP) is 2.07. The molecule has 7 nitrogen and oxygen atoms in total. The zero-order chi connectivity index (χ0) is 16.6. The van der Waals surface area contributed by atoms with E-state index >= 15 is 0 Å². The van der Waals surface area contributed by atoms with Crippen LogP contribution in [0.15, 0.2) is 12.4 Å². The molecule has 1 saturated heterocycles. The zero-order valence-corrected chi connectivity index (χ0v) is 13.2. The summed E-state index contributed by atoms with van der Waals surface area (Å²) in [6, 6.07) is 0. The molecule has 0 aliphatic carbocycles. The van der Waals surface area contributed by atoms with Crippen molar-refractivity contribution in [2.45, 2.75) is 32.6 Å². The first-order chi connectivity index (χ1) is 11.0. The number of piperidine rings is 1. The Hall–Kier alpha value is -2.57. The van der Waals surface area contributed by atoms with Crippen molar-refractivity contribution >= 4 is 11.9 Å². The molecule has 1 unspecified atom stereocenters. The molecule has 1 amide bonds. The van der Waals surface area contributed by atoms with Crippen molar-refractivity contribution in [3.8, 4) is 0 Å². The number of aryl methyl sites for hydroxylation is 1. The number of aromatic amines is 2. The summed E-state index contributed by atoms with van der Waals surface area (Å²) >= 11 is 0. The normalized spacial score (nSPS) is 18.2. The summed E-state index contributed by atoms with van der Waals surface area (Å²) < 4.78 is 0. The molecule has 1 atom stereocenters. The van der Waals surface area contributed by atoms with Crippen molar-refractivity contribution in [3.05, 3.63) is 40.7 Å². The molecule has 0 bridgehead atoms. The maximum atomic E-state index is 12.8. The fourth-order valence-corrected chi connectivity index (χ4v) is 3.33. The Labute approximate surface area is 133 Å². The first-order valence-corrected chi connectivity index (χ1v) is 7.70. The number of aromatic carboxylic acids is 1. The number of amides is 1. The van der Waals surface area contributed by atoms with Gasteiger partial charge in [0, 0.05) is 37.1 Å². The molecule has 0 saturated carbocycles. The number of hydrogen-bond donors (Lipinski definition) is 3. The molecular formula is C16H20N4O3. The van der Waals surface area contributed by atoms with E-state index in [1.54, 1.807) is 31.1 Å². The van der Waals surface area contributed by atoms with E-state index in [2.05, 4.69) is 15.0 Å². The van der Waals surface area contributed by atoms with Crippen molar-refractivity contribution in [1.82, 2.24) is 19.9 Å². The molecule has 1 fully saturated rings. The minimum atomic E-state index is -1.01. The fraction of sp³-hybridized carbons (Fsp3) is 0.438. The van der Waals surface area contributed by atoms with Crippen molar-refractivity contribution in [1.29, 1.82) is 0 Å². The van der Waals surface area contributed by atoms with E-state index in [1.807, 2.05) is 0 Å². The standard InChI is InChI=1S/C16H20N4O3/c1-9-12(16(22)23)10(2)19-13(9)15(21)20-7-3-4-11(8-20)14-17-5-6-18-14/h5-6,11,19H,3-4,7-8H2,1-2H3,(H,17,18)(H,22,23). The number of carboxylic acids is 1. The lowest BCUT2D eigenvalue weighted by Gasteiger charge is -2.31. The van der Waals surface area contributed by atoms with Gasteiger partial charge >= 0.3 is 5.97 Å². The van der Waals surface area contributed by atoms with Crippen LogP contribution in [0.1, 0.15) is 56.7 Å². The highest BCUT2D eigenvalue weighted by Crippen LogP contribution is 2.27. The van der Waals surface area contributed by atoms with E-state index in [0.717, 1.165) is 18.7 Å². The maximum absolute atomic E-state index is 12.8. The van der Waals surface area contributed by atoms with Gasteiger partial charge in [0.1, 0.15) is 11.5 Å². The first kappa shape index (κ1) is 15.3. The van der Waals surface area contributed by atoms with Gasteiger partial charge in [-0.2, -0.15) is 0 Å². The second-order valence-electron chi connectivity index (χ2n) is 5.99. The van der Waals surface area contributed by atoms with Gasteiger partial charge < -0.3 is 20.0 Å². The van der Waals surface area contributed by atoms with Gasteiger partial charge in [-0.15, -0.1) is 0 Å². The molecular weight excluding hydrogens is 296 g/mol. The van der Waals surface area contributed by atoms with Crippen LogP contribution in [-0.4, -0.2) is 49.9 Å². The van der Waals surface area contributed by atoms with Crippen LogP contribution in [0.2, 0.25) is 0 Å². The molecule has 3 heterocycles. The smallest absolute Gasteiger partial charge is 0.337 e. The summed E-state index contributed by atoms with van der Waals surface area (Å²) in [4.78, 5) is 36.2. The summed E-state index contributed by atoms with van der Waals surface area (Å²) in [6.45, 7) is 4.62. The van der Waals surface area contributed by atoms with Crippen LogP contribution in [0.5, 0.6) is 0 Å². The minimum absolute atomic E-state index is 0.144. The average molecular weight is 316 g/mol. The van der Waals surface area contributed by atoms with Gasteiger partial charge in [-0.05, 0) is 32.3 Å². The van der Waals surface area contributed by atoms with Crippen LogP contribution in [0.4, 0.5) is 0 Å². The number of carboxylic acid groups (broad SMARTS) is 1. The number of aromatic nitrogens is 3. The van der Waals surface area contributed by atoms with Gasteiger partial charge in [0.25, 0.3) is 5.91 Å². The summed E-state index contributed by atoms with van der Waals surface area (Å²) in [6.07, 6.45) is 5.39. The summed E-state index contributed by atoms with van der Waals surface area (Å²) in [7, 11) is 0. The largest absolute Gasteiger partial charge is 0.478 e. The quantitative estimate of drug-likeness (QED) is 0.806. The van der Waals surface area contributed by atoms with Crippen molar-refractivity contribution in [2.24, 2.45) is 0 Å². The molecule has 2 aromatic rings. The van der Waals surface area contributed by atoms with Gasteiger partial charge in [0.2, 0.25) is 0 Å². The summed E-state index contributed by atoms with van der Waals surface area (Å²) in [5, 5.41) is 9.26. The number of carbonyl (C=O) groups excluding carboxylic acids is 1. The van der Waals surface area contributed by atoms with Gasteiger partial charge in [0.15, 0.2) is 0 Å². The Morgan fingerprint density at radius 1 is 1.39 bits per heavy atom. The number of hydrogen-bond acceptors (Lipinski definition) is 3. The van der Waals surface area contributed by atoms with Crippen molar-refractivity contribution < 1.29 is 14.7 Å². The zero-order valence-electron chi connectivity index (χ0n) is 13.2. The second-order valence-corrected chi connectivity index (χ2v) is 5.99. The Balaban J connectivity index is 1.83. The number of carbonyl (C=O) groups is 2. The molecule has 0 aromatic carbocycles. The molecule has 1 aliphatic rings. The Morgan fingerprint density at radius 2 is 2.17 bits per heavy atom. The van der Waals surface area contributed by atoms with E-state index in [-0.39, 0.29) is 17.4 Å². The lowest BCUT2D eigenvalue weighted by molar-refractivity contribution is 0.0693. The van der Waals surface area contributed by atoms with Crippen LogP contribution in [0.25, 0.3) is 0 Å². The molecule has 122 valence electrons. The number of H-pyrrole nitrogens is 2. The highest BCUT2D eigenvalue weighted by molar-refractivity contribution is 6.00. The van der Waals surface area contributed by atoms with Gasteiger partial charge in [0.05, 0.1) is 5.56 Å². The van der Waals surface area contributed by atoms with Crippen molar-refractivity contribution in [2.75, 3.05) is 13.1 Å². The molecule has 3 rings (SSSR count). The maximum Gasteiger partial charge on any atom is 0.337 e. The molecule has 7 heteroatoms. The van der Waals surface area contributed by atoms with E-state index in [9.17, 15) is 14.7 Å². The molecule has 2 aromatic heterocycles. The monoisotopic (exact) mass is 316 g/mol. The Kier molecular flexibility index (Phi) is 3.94. The Morgan fingerprint density at radius 3 is 2.78 bits per heavy atom. The first-order valence-electron chi connectivity index (χ1n) is 7.70. The van der Waals surface area contributed by atoms with Crippen LogP contribution in [0.3, 0.4) is 0 Å². The SMILES string of the molecule is Cc1[nH]c(C(=O)N2CCCC(c3ncc[nH]3)C2)c(C)c1C(=O)O. The molecule has 3 N–H and O–H groups in total. The van der Waals surface area contributed by atoms with E-state index in [0.29, 0.717) is 30.0 Å². The third-order valence-corrected chi connectivity index (χ3v) is 4.48. The Bertz CT molecular complexity index is 733. The molecule has 23 heavy (non-hydrogen) atoms. The van der Waals surface area contributed by atoms with E-state index in [4.69, 9.17) is 0 Å². The number of rotatable bonds is 3. The number of nitrogens with zero attached hydrogens (tertiary/aromatic N) is 2. The highest BCUT2D eigenvalue weighted by atomic mass is 16.4. The van der Waals surface area contributed by atoms with Gasteiger partial charge in [-0.1, -0.05) is 0 Å². The number of likely N-dealkylation sites (tertiary alicyclic amines) is 1. The van der Waals surface area contributed by atoms with Gasteiger partial charge in [-0.25, -0.2) is 9.78 Å². The van der Waals surface area contributed by atoms with Gasteiger partial charge in [-0.3, -0.25) is 4.79 Å². The average Bonchev–Trinajstić information content (AvgIpc) is 3.15. The third-order valence-electron chi connectivity index (χ3n) is 4.48. The van der Waals surface area contributed by atoms with Crippen LogP contribution >= 0.6 is 0 Å². The van der Waals surface area contributed by atoms with Crippen LogP contribution in [0, 0.1) is 13.8 Å². The molecule has 0 radical (unpaired) electrons. The van der Waals surface area contributed by atoms with E-state index < -0.39 is 5.97 Å². The summed E-state index contributed by atoms with van der Waals surface area (Å²) in [5.74, 6) is -0.0668. The topological polar surface area (TPSA) is 102 Å². The van der Waals surface area contributed by atoms with Crippen LogP contribution in [-0.2, 0) is 0 Å². The van der Waals surface area contributed by atoms with Crippen LogP contribution < -0.4 is 0 Å². The van der Waals surface area contributed by atoms with E-state index in [1.165, 1.54) is 0 Å². The molecule has 1 aliphatic heterocycles. The summed E-state index contributed by atoms with van der Waals surface area (Å²) in [5.41, 5.74) is 1.58. The second kappa shape index (κ2) is 5.91. The minimum Gasteiger partial charge on any atom is -0.478 e. The number of nitrogens with one attached hydrogen (secondary N) is 2.